The number of hydrazone groups is 1. The minimum Gasteiger partial charge on any atom is -0.493 e. The van der Waals surface area contributed by atoms with Crippen LogP contribution in [-0.4, -0.2) is 52.7 Å². The molecule has 1 amide bonds. The van der Waals surface area contributed by atoms with E-state index in [4.69, 9.17) is 14.2 Å². The van der Waals surface area contributed by atoms with Crippen molar-refractivity contribution in [3.63, 3.8) is 0 Å². The molecule has 0 aromatic heterocycles. The third-order valence-corrected chi connectivity index (χ3v) is 7.68. The highest BCUT2D eigenvalue weighted by molar-refractivity contribution is 9.10. The predicted molar refractivity (Wildman–Crippen MR) is 145 cm³/mol. The number of sulfonamides is 1. The third-order valence-electron chi connectivity index (χ3n) is 5.34. The monoisotopic (exact) mass is 589 g/mol. The molecule has 196 valence electrons. The highest BCUT2D eigenvalue weighted by atomic mass is 79.9. The molecule has 0 radical (unpaired) electrons. The number of nitrogens with zero attached hydrogens (tertiary/aromatic N) is 2. The Labute approximate surface area is 225 Å². The number of methoxy groups -OCH3 is 3. The zero-order chi connectivity index (χ0) is 27.0. The Morgan fingerprint density at radius 1 is 0.973 bits per heavy atom. The van der Waals surface area contributed by atoms with Gasteiger partial charge in [-0.15, -0.1) is 0 Å². The maximum Gasteiger partial charge on any atom is 0.255 e. The van der Waals surface area contributed by atoms with E-state index in [0.717, 1.165) is 19.9 Å². The molecule has 0 unspecified atom stereocenters. The van der Waals surface area contributed by atoms with E-state index in [1.54, 1.807) is 24.3 Å². The van der Waals surface area contributed by atoms with Crippen molar-refractivity contribution in [3.8, 4) is 17.2 Å². The van der Waals surface area contributed by atoms with Gasteiger partial charge in [0.25, 0.3) is 5.91 Å². The van der Waals surface area contributed by atoms with Crippen LogP contribution >= 0.6 is 15.9 Å². The number of hydrogen-bond donors (Lipinski definition) is 1. The van der Waals surface area contributed by atoms with E-state index < -0.39 is 22.5 Å². The van der Waals surface area contributed by atoms with Crippen molar-refractivity contribution in [2.24, 2.45) is 5.10 Å². The van der Waals surface area contributed by atoms with Gasteiger partial charge >= 0.3 is 0 Å². The summed E-state index contributed by atoms with van der Waals surface area (Å²) in [5, 5.41) is 3.98. The van der Waals surface area contributed by atoms with Crippen molar-refractivity contribution < 1.29 is 27.4 Å². The first-order chi connectivity index (χ1) is 17.7. The fourth-order valence-electron chi connectivity index (χ4n) is 3.43. The SMILES string of the molecule is COc1cc(/C=N\NC(=O)CN(Cc2ccc(C)cc2)S(=O)(=O)c2ccc(Br)cc2)cc(OC)c1OC. The average Bonchev–Trinajstić information content (AvgIpc) is 2.89. The van der Waals surface area contributed by atoms with Crippen LogP contribution in [0.5, 0.6) is 17.2 Å². The molecule has 0 aliphatic carbocycles. The number of halogens is 1. The van der Waals surface area contributed by atoms with Gasteiger partial charge in [0.2, 0.25) is 15.8 Å². The number of ether oxygens (including phenoxy) is 3. The van der Waals surface area contributed by atoms with Crippen LogP contribution in [0, 0.1) is 6.92 Å². The quantitative estimate of drug-likeness (QED) is 0.266. The summed E-state index contributed by atoms with van der Waals surface area (Å²) in [7, 11) is 0.517. The maximum atomic E-state index is 13.4. The normalized spacial score (nSPS) is 11.5. The molecule has 11 heteroatoms. The minimum absolute atomic E-state index is 0.0166. The van der Waals surface area contributed by atoms with Crippen LogP contribution in [0.1, 0.15) is 16.7 Å². The van der Waals surface area contributed by atoms with E-state index in [1.165, 1.54) is 39.7 Å². The lowest BCUT2D eigenvalue weighted by atomic mass is 10.1. The lowest BCUT2D eigenvalue weighted by molar-refractivity contribution is -0.121. The summed E-state index contributed by atoms with van der Waals surface area (Å²) in [4.78, 5) is 12.8. The van der Waals surface area contributed by atoms with Gasteiger partial charge in [-0.3, -0.25) is 4.79 Å². The van der Waals surface area contributed by atoms with Crippen molar-refractivity contribution in [1.29, 1.82) is 0 Å². The molecule has 0 saturated heterocycles. The number of hydrogen-bond acceptors (Lipinski definition) is 7. The first-order valence-electron chi connectivity index (χ1n) is 11.1. The number of nitrogens with one attached hydrogen (secondary N) is 1. The van der Waals surface area contributed by atoms with Crippen LogP contribution in [0.25, 0.3) is 0 Å². The molecule has 0 aliphatic heterocycles. The molecule has 3 aromatic rings. The van der Waals surface area contributed by atoms with E-state index in [2.05, 4.69) is 26.5 Å². The van der Waals surface area contributed by atoms with Gasteiger partial charge in [0.15, 0.2) is 11.5 Å². The molecule has 0 atom stereocenters. The van der Waals surface area contributed by atoms with Gasteiger partial charge in [-0.2, -0.15) is 9.41 Å². The third kappa shape index (κ3) is 7.31. The fraction of sp³-hybridized carbons (Fsp3) is 0.231. The molecule has 9 nitrogen and oxygen atoms in total. The van der Waals surface area contributed by atoms with E-state index >= 15 is 0 Å². The second-order valence-corrected chi connectivity index (χ2v) is 10.8. The topological polar surface area (TPSA) is 107 Å². The summed E-state index contributed by atoms with van der Waals surface area (Å²) in [6.07, 6.45) is 1.40. The summed E-state index contributed by atoms with van der Waals surface area (Å²) in [6.45, 7) is 1.53. The molecule has 0 heterocycles. The highest BCUT2D eigenvalue weighted by Gasteiger charge is 2.27. The predicted octanol–water partition coefficient (Wildman–Crippen LogP) is 4.12. The van der Waals surface area contributed by atoms with Gasteiger partial charge in [0.1, 0.15) is 0 Å². The van der Waals surface area contributed by atoms with Gasteiger partial charge < -0.3 is 14.2 Å². The van der Waals surface area contributed by atoms with Gasteiger partial charge in [0, 0.05) is 16.6 Å². The molecule has 0 bridgehead atoms. The van der Waals surface area contributed by atoms with Crippen LogP contribution in [-0.2, 0) is 21.4 Å². The Balaban J connectivity index is 1.80. The maximum absolute atomic E-state index is 13.4. The summed E-state index contributed by atoms with van der Waals surface area (Å²) in [5.41, 5.74) is 4.77. The molecule has 37 heavy (non-hydrogen) atoms. The largest absolute Gasteiger partial charge is 0.493 e. The van der Waals surface area contributed by atoms with Crippen molar-refractivity contribution in [3.05, 3.63) is 81.8 Å². The molecule has 0 aliphatic rings. The van der Waals surface area contributed by atoms with Gasteiger partial charge in [-0.1, -0.05) is 45.8 Å². The molecule has 3 aromatic carbocycles. The van der Waals surface area contributed by atoms with Gasteiger partial charge in [-0.25, -0.2) is 13.8 Å². The molecular weight excluding hydrogens is 562 g/mol. The van der Waals surface area contributed by atoms with Crippen LogP contribution in [0.4, 0.5) is 0 Å². The Morgan fingerprint density at radius 3 is 2.11 bits per heavy atom. The van der Waals surface area contributed by atoms with Crippen LogP contribution in [0.15, 0.2) is 75.1 Å². The summed E-state index contributed by atoms with van der Waals surface area (Å²) < 4.78 is 44.6. The number of benzene rings is 3. The molecule has 0 fully saturated rings. The molecule has 1 N–H and O–H groups in total. The average molecular weight is 590 g/mol. The smallest absolute Gasteiger partial charge is 0.255 e. The lowest BCUT2D eigenvalue weighted by Gasteiger charge is -2.21. The molecule has 3 rings (SSSR count). The minimum atomic E-state index is -3.97. The number of carbonyl (C=O) groups excluding carboxylic acids is 1. The Bertz CT molecular complexity index is 1340. The highest BCUT2D eigenvalue weighted by Crippen LogP contribution is 2.37. The van der Waals surface area contributed by atoms with E-state index in [1.807, 2.05) is 31.2 Å². The Kier molecular flexibility index (Phi) is 9.67. The number of aryl methyl sites for hydroxylation is 1. The Morgan fingerprint density at radius 2 is 1.57 bits per heavy atom. The second kappa shape index (κ2) is 12.7. The van der Waals surface area contributed by atoms with Crippen LogP contribution < -0.4 is 19.6 Å². The van der Waals surface area contributed by atoms with Crippen molar-refractivity contribution in [1.82, 2.24) is 9.73 Å². The number of amides is 1. The van der Waals surface area contributed by atoms with E-state index in [9.17, 15) is 13.2 Å². The zero-order valence-electron chi connectivity index (χ0n) is 20.9. The molecular formula is C26H28BrN3O6S. The standard InChI is InChI=1S/C26H28BrN3O6S/c1-18-5-7-19(8-6-18)16-30(37(32,33)22-11-9-21(27)10-12-22)17-25(31)29-28-15-20-13-23(34-2)26(36-4)24(14-20)35-3/h5-15H,16-17H2,1-4H3,(H,29,31)/b28-15-. The summed E-state index contributed by atoms with van der Waals surface area (Å²) in [6, 6.07) is 17.0. The van der Waals surface area contributed by atoms with Crippen LogP contribution in [0.3, 0.4) is 0 Å². The molecule has 0 spiro atoms. The van der Waals surface area contributed by atoms with E-state index in [-0.39, 0.29) is 11.4 Å². The van der Waals surface area contributed by atoms with Gasteiger partial charge in [-0.05, 0) is 48.9 Å². The van der Waals surface area contributed by atoms with E-state index in [0.29, 0.717) is 22.8 Å². The first-order valence-corrected chi connectivity index (χ1v) is 13.3. The Hall–Kier alpha value is -3.41. The number of carbonyl (C=O) groups is 1. The molecule has 0 saturated carbocycles. The van der Waals surface area contributed by atoms with Crippen molar-refractivity contribution in [2.75, 3.05) is 27.9 Å². The number of rotatable bonds is 11. The lowest BCUT2D eigenvalue weighted by Crippen LogP contribution is -2.39. The fourth-order valence-corrected chi connectivity index (χ4v) is 5.08. The van der Waals surface area contributed by atoms with Crippen molar-refractivity contribution >= 4 is 38.1 Å². The van der Waals surface area contributed by atoms with Gasteiger partial charge in [0.05, 0.1) is 39.0 Å². The van der Waals surface area contributed by atoms with Crippen molar-refractivity contribution in [2.45, 2.75) is 18.4 Å². The zero-order valence-corrected chi connectivity index (χ0v) is 23.3. The van der Waals surface area contributed by atoms with Crippen LogP contribution in [0.2, 0.25) is 0 Å². The first kappa shape index (κ1) is 28.2. The summed E-state index contributed by atoms with van der Waals surface area (Å²) >= 11 is 3.31. The summed E-state index contributed by atoms with van der Waals surface area (Å²) in [5.74, 6) is 0.687. The second-order valence-electron chi connectivity index (χ2n) is 7.96.